The normalized spacial score (nSPS) is 19.8. The fraction of sp³-hybridized carbons (Fsp3) is 0.333. The van der Waals surface area contributed by atoms with Gasteiger partial charge >= 0.3 is 0 Å². The van der Waals surface area contributed by atoms with Gasteiger partial charge < -0.3 is 0 Å². The molecule has 1 saturated heterocycles. The van der Waals surface area contributed by atoms with Crippen LogP contribution in [0.25, 0.3) is 0 Å². The monoisotopic (exact) mass is 315 g/mol. The third-order valence-electron chi connectivity index (χ3n) is 2.73. The number of imide groups is 1. The van der Waals surface area contributed by atoms with Crippen molar-refractivity contribution in [2.24, 2.45) is 5.92 Å². The van der Waals surface area contributed by atoms with Crippen molar-refractivity contribution in [2.75, 3.05) is 6.54 Å². The summed E-state index contributed by atoms with van der Waals surface area (Å²) in [6, 6.07) is 4.94. The summed E-state index contributed by atoms with van der Waals surface area (Å²) in [5, 5.41) is 0.468. The molecule has 0 bridgehead atoms. The van der Waals surface area contributed by atoms with E-state index in [1.54, 1.807) is 18.2 Å². The molecule has 1 aliphatic heterocycles. The van der Waals surface area contributed by atoms with Crippen LogP contribution >= 0.6 is 27.5 Å². The highest BCUT2D eigenvalue weighted by Crippen LogP contribution is 2.25. The largest absolute Gasteiger partial charge is 0.278 e. The van der Waals surface area contributed by atoms with Crippen LogP contribution in [0.3, 0.4) is 0 Å². The van der Waals surface area contributed by atoms with Gasteiger partial charge in [0.05, 0.1) is 5.02 Å². The lowest BCUT2D eigenvalue weighted by Crippen LogP contribution is -2.32. The van der Waals surface area contributed by atoms with Crippen molar-refractivity contribution in [3.63, 3.8) is 0 Å². The topological polar surface area (TPSA) is 37.4 Å². The van der Waals surface area contributed by atoms with Gasteiger partial charge in [0.15, 0.2) is 0 Å². The summed E-state index contributed by atoms with van der Waals surface area (Å²) >= 11 is 9.19. The second-order valence-corrected chi connectivity index (χ2v) is 5.51. The molecular formula is C12H11BrClNO2. The number of benzene rings is 1. The molecule has 1 aliphatic rings. The smallest absolute Gasteiger partial charge is 0.260 e. The first-order valence-corrected chi connectivity index (χ1v) is 6.46. The Kier molecular flexibility index (Phi) is 3.54. The molecule has 17 heavy (non-hydrogen) atoms. The van der Waals surface area contributed by atoms with Gasteiger partial charge in [-0.15, -0.1) is 0 Å². The van der Waals surface area contributed by atoms with E-state index in [9.17, 15) is 9.59 Å². The highest BCUT2D eigenvalue weighted by atomic mass is 79.9. The Morgan fingerprint density at radius 2 is 2.24 bits per heavy atom. The summed E-state index contributed by atoms with van der Waals surface area (Å²) < 4.78 is 0.733. The van der Waals surface area contributed by atoms with E-state index in [-0.39, 0.29) is 17.7 Å². The first-order valence-electron chi connectivity index (χ1n) is 5.29. The Labute approximate surface area is 113 Å². The van der Waals surface area contributed by atoms with Crippen LogP contribution in [0.1, 0.15) is 23.7 Å². The molecule has 5 heteroatoms. The number of likely N-dealkylation sites (tertiary alicyclic amines) is 1. The molecule has 0 spiro atoms. The first-order chi connectivity index (χ1) is 7.99. The van der Waals surface area contributed by atoms with Gasteiger partial charge in [0.25, 0.3) is 5.91 Å². The Balaban J connectivity index is 2.25. The van der Waals surface area contributed by atoms with E-state index < -0.39 is 0 Å². The SMILES string of the molecule is CC1CC(=O)N(C(=O)c2ccc(Br)c(Cl)c2)C1. The van der Waals surface area contributed by atoms with E-state index in [1.807, 2.05) is 6.92 Å². The molecule has 90 valence electrons. The van der Waals surface area contributed by atoms with Gasteiger partial charge in [-0.25, -0.2) is 0 Å². The zero-order chi connectivity index (χ0) is 12.6. The lowest BCUT2D eigenvalue weighted by molar-refractivity contribution is -0.125. The zero-order valence-electron chi connectivity index (χ0n) is 9.24. The van der Waals surface area contributed by atoms with E-state index in [0.29, 0.717) is 23.6 Å². The molecule has 2 amide bonds. The number of hydrogen-bond donors (Lipinski definition) is 0. The number of carbonyl (C=O) groups is 2. The average Bonchev–Trinajstić information content (AvgIpc) is 2.61. The van der Waals surface area contributed by atoms with Crippen molar-refractivity contribution < 1.29 is 9.59 Å². The van der Waals surface area contributed by atoms with Gasteiger partial charge in [-0.3, -0.25) is 14.5 Å². The Morgan fingerprint density at radius 3 is 2.76 bits per heavy atom. The third-order valence-corrected chi connectivity index (χ3v) is 3.96. The van der Waals surface area contributed by atoms with Gasteiger partial charge in [-0.05, 0) is 40.0 Å². The highest BCUT2D eigenvalue weighted by molar-refractivity contribution is 9.10. The lowest BCUT2D eigenvalue weighted by atomic mass is 10.2. The van der Waals surface area contributed by atoms with Crippen LogP contribution in [0, 0.1) is 5.92 Å². The number of amides is 2. The molecule has 1 atom stereocenters. The summed E-state index contributed by atoms with van der Waals surface area (Å²) in [4.78, 5) is 25.0. The van der Waals surface area contributed by atoms with E-state index in [4.69, 9.17) is 11.6 Å². The highest BCUT2D eigenvalue weighted by Gasteiger charge is 2.31. The second-order valence-electron chi connectivity index (χ2n) is 4.25. The molecule has 2 rings (SSSR count). The molecule has 0 aromatic heterocycles. The predicted octanol–water partition coefficient (Wildman–Crippen LogP) is 3.11. The number of hydrogen-bond acceptors (Lipinski definition) is 2. The van der Waals surface area contributed by atoms with E-state index in [0.717, 1.165) is 4.47 Å². The predicted molar refractivity (Wildman–Crippen MR) is 69.0 cm³/mol. The standard InChI is InChI=1S/C12H11BrClNO2/c1-7-4-11(16)15(6-7)12(17)8-2-3-9(13)10(14)5-8/h2-3,5,7H,4,6H2,1H3. The average molecular weight is 317 g/mol. The maximum atomic E-state index is 12.1. The number of nitrogens with zero attached hydrogens (tertiary/aromatic N) is 1. The molecule has 1 aromatic carbocycles. The molecule has 1 heterocycles. The molecule has 1 aromatic rings. The zero-order valence-corrected chi connectivity index (χ0v) is 11.6. The maximum absolute atomic E-state index is 12.1. The van der Waals surface area contributed by atoms with Crippen LogP contribution in [0.5, 0.6) is 0 Å². The van der Waals surface area contributed by atoms with E-state index in [2.05, 4.69) is 15.9 Å². The summed E-state index contributed by atoms with van der Waals surface area (Å²) in [7, 11) is 0. The van der Waals surface area contributed by atoms with Gasteiger partial charge in [-0.1, -0.05) is 18.5 Å². The van der Waals surface area contributed by atoms with Crippen molar-refractivity contribution in [3.05, 3.63) is 33.3 Å². The third kappa shape index (κ3) is 2.53. The van der Waals surface area contributed by atoms with Crippen molar-refractivity contribution in [2.45, 2.75) is 13.3 Å². The van der Waals surface area contributed by atoms with Crippen LogP contribution in [0.15, 0.2) is 22.7 Å². The molecule has 1 unspecified atom stereocenters. The molecule has 1 fully saturated rings. The first kappa shape index (κ1) is 12.6. The number of rotatable bonds is 1. The minimum absolute atomic E-state index is 0.110. The number of carbonyl (C=O) groups excluding carboxylic acids is 2. The fourth-order valence-corrected chi connectivity index (χ4v) is 2.29. The van der Waals surface area contributed by atoms with Crippen LogP contribution in [-0.4, -0.2) is 23.3 Å². The van der Waals surface area contributed by atoms with Crippen molar-refractivity contribution in [3.8, 4) is 0 Å². The van der Waals surface area contributed by atoms with E-state index in [1.165, 1.54) is 4.90 Å². The quantitative estimate of drug-likeness (QED) is 0.747. The summed E-state index contributed by atoms with van der Waals surface area (Å²) in [6.07, 6.45) is 0.440. The van der Waals surface area contributed by atoms with Crippen molar-refractivity contribution in [1.29, 1.82) is 0 Å². The molecule has 3 nitrogen and oxygen atoms in total. The van der Waals surface area contributed by atoms with Gasteiger partial charge in [0, 0.05) is 23.0 Å². The lowest BCUT2D eigenvalue weighted by Gasteiger charge is -2.14. The molecule has 0 aliphatic carbocycles. The van der Waals surface area contributed by atoms with Crippen LogP contribution in [0.2, 0.25) is 5.02 Å². The van der Waals surface area contributed by atoms with Gasteiger partial charge in [0.1, 0.15) is 0 Å². The Morgan fingerprint density at radius 1 is 1.53 bits per heavy atom. The van der Waals surface area contributed by atoms with Crippen LogP contribution < -0.4 is 0 Å². The molecular weight excluding hydrogens is 305 g/mol. The van der Waals surface area contributed by atoms with E-state index >= 15 is 0 Å². The summed E-state index contributed by atoms with van der Waals surface area (Å²) in [6.45, 7) is 2.45. The molecule has 0 saturated carbocycles. The number of halogens is 2. The minimum Gasteiger partial charge on any atom is -0.278 e. The summed E-state index contributed by atoms with van der Waals surface area (Å²) in [5.74, 6) is -0.146. The maximum Gasteiger partial charge on any atom is 0.260 e. The molecule has 0 N–H and O–H groups in total. The van der Waals surface area contributed by atoms with Crippen LogP contribution in [0.4, 0.5) is 0 Å². The second kappa shape index (κ2) is 4.78. The Hall–Kier alpha value is -0.870. The van der Waals surface area contributed by atoms with Gasteiger partial charge in [-0.2, -0.15) is 0 Å². The summed E-state index contributed by atoms with van der Waals surface area (Å²) in [5.41, 5.74) is 0.445. The van der Waals surface area contributed by atoms with Crippen molar-refractivity contribution in [1.82, 2.24) is 4.90 Å². The Bertz CT molecular complexity index is 489. The minimum atomic E-state index is -0.270. The fourth-order valence-electron chi connectivity index (χ4n) is 1.87. The molecule has 0 radical (unpaired) electrons. The van der Waals surface area contributed by atoms with Crippen LogP contribution in [-0.2, 0) is 4.79 Å². The van der Waals surface area contributed by atoms with Gasteiger partial charge in [0.2, 0.25) is 5.91 Å². The van der Waals surface area contributed by atoms with Crippen molar-refractivity contribution >= 4 is 39.3 Å².